The van der Waals surface area contributed by atoms with Crippen LogP contribution in [0, 0.1) is 12.8 Å². The summed E-state index contributed by atoms with van der Waals surface area (Å²) in [5, 5.41) is 10.4. The first-order valence-corrected chi connectivity index (χ1v) is 8.58. The number of aliphatic hydroxyl groups excluding tert-OH is 1. The van der Waals surface area contributed by atoms with Gasteiger partial charge in [-0.1, -0.05) is 25.3 Å². The summed E-state index contributed by atoms with van der Waals surface area (Å²) in [5.41, 5.74) is 2.49. The Morgan fingerprint density at radius 2 is 2.00 bits per heavy atom. The van der Waals surface area contributed by atoms with Gasteiger partial charge in [0.1, 0.15) is 0 Å². The van der Waals surface area contributed by atoms with E-state index >= 15 is 0 Å². The third-order valence-electron chi connectivity index (χ3n) is 5.41. The molecule has 3 unspecified atom stereocenters. The van der Waals surface area contributed by atoms with Crippen LogP contribution in [0.25, 0.3) is 0 Å². The van der Waals surface area contributed by atoms with Crippen molar-refractivity contribution in [1.82, 2.24) is 9.88 Å². The molecule has 2 fully saturated rings. The van der Waals surface area contributed by atoms with Gasteiger partial charge in [-0.2, -0.15) is 0 Å². The highest BCUT2D eigenvalue weighted by molar-refractivity contribution is 5.17. The number of aromatic nitrogens is 1. The first-order valence-electron chi connectivity index (χ1n) is 8.58. The molecular formula is C18H28N2O. The molecule has 0 radical (unpaired) electrons. The largest absolute Gasteiger partial charge is 0.393 e. The molecule has 2 aliphatic rings. The van der Waals surface area contributed by atoms with Crippen molar-refractivity contribution in [3.8, 4) is 0 Å². The number of aliphatic hydroxyl groups is 1. The number of likely N-dealkylation sites (tertiary alicyclic amines) is 1. The average Bonchev–Trinajstić information content (AvgIpc) is 2.51. The molecule has 116 valence electrons. The number of piperidine rings is 1. The molecule has 1 aliphatic carbocycles. The molecular weight excluding hydrogens is 260 g/mol. The van der Waals surface area contributed by atoms with Crippen molar-refractivity contribution in [1.29, 1.82) is 0 Å². The Bertz CT molecular complexity index is 462. The molecule has 1 saturated heterocycles. The van der Waals surface area contributed by atoms with Crippen LogP contribution in [-0.2, 0) is 6.54 Å². The van der Waals surface area contributed by atoms with E-state index in [1.54, 1.807) is 0 Å². The van der Waals surface area contributed by atoms with Crippen LogP contribution in [0.3, 0.4) is 0 Å². The maximum atomic E-state index is 10.4. The molecule has 1 aliphatic heterocycles. The van der Waals surface area contributed by atoms with Gasteiger partial charge in [0.15, 0.2) is 0 Å². The van der Waals surface area contributed by atoms with Crippen LogP contribution in [0.1, 0.15) is 56.2 Å². The Hall–Kier alpha value is -0.930. The molecule has 1 saturated carbocycles. The number of hydrogen-bond acceptors (Lipinski definition) is 3. The van der Waals surface area contributed by atoms with E-state index in [1.807, 2.05) is 12.3 Å². The molecule has 21 heavy (non-hydrogen) atoms. The molecule has 0 spiro atoms. The summed E-state index contributed by atoms with van der Waals surface area (Å²) in [7, 11) is 0. The van der Waals surface area contributed by atoms with Crippen LogP contribution in [0.4, 0.5) is 0 Å². The van der Waals surface area contributed by atoms with Crippen molar-refractivity contribution in [2.75, 3.05) is 6.54 Å². The summed E-state index contributed by atoms with van der Waals surface area (Å²) in [6.07, 6.45) is 10.3. The standard InChI is InChI=1S/C18H28N2O/c1-14-7-6-11-19-16(14)13-20-12-5-4-9-17(20)15-8-2-3-10-18(15)21/h6-7,11,15,17-18,21H,2-5,8-10,12-13H2,1H3. The minimum Gasteiger partial charge on any atom is -0.393 e. The van der Waals surface area contributed by atoms with E-state index < -0.39 is 0 Å². The van der Waals surface area contributed by atoms with E-state index in [9.17, 15) is 5.11 Å². The van der Waals surface area contributed by atoms with Crippen molar-refractivity contribution in [2.45, 2.75) is 70.6 Å². The van der Waals surface area contributed by atoms with Gasteiger partial charge in [0.05, 0.1) is 11.8 Å². The minimum atomic E-state index is -0.0887. The van der Waals surface area contributed by atoms with Gasteiger partial charge in [-0.15, -0.1) is 0 Å². The number of pyridine rings is 1. The molecule has 0 amide bonds. The Morgan fingerprint density at radius 1 is 1.19 bits per heavy atom. The lowest BCUT2D eigenvalue weighted by Crippen LogP contribution is -2.48. The molecule has 1 aromatic heterocycles. The van der Waals surface area contributed by atoms with Crippen molar-refractivity contribution in [3.05, 3.63) is 29.6 Å². The predicted octanol–water partition coefficient (Wildman–Crippen LogP) is 3.30. The molecule has 2 heterocycles. The summed E-state index contributed by atoms with van der Waals surface area (Å²) < 4.78 is 0. The molecule has 3 atom stereocenters. The fourth-order valence-electron chi connectivity index (χ4n) is 4.16. The van der Waals surface area contributed by atoms with Crippen molar-refractivity contribution >= 4 is 0 Å². The summed E-state index contributed by atoms with van der Waals surface area (Å²) in [6, 6.07) is 4.71. The highest BCUT2D eigenvalue weighted by Crippen LogP contribution is 2.34. The maximum Gasteiger partial charge on any atom is 0.0583 e. The van der Waals surface area contributed by atoms with Crippen molar-refractivity contribution in [2.24, 2.45) is 5.92 Å². The number of aryl methyl sites for hydroxylation is 1. The Labute approximate surface area is 128 Å². The number of nitrogens with zero attached hydrogens (tertiary/aromatic N) is 2. The highest BCUT2D eigenvalue weighted by Gasteiger charge is 2.35. The van der Waals surface area contributed by atoms with Crippen molar-refractivity contribution in [3.63, 3.8) is 0 Å². The number of rotatable bonds is 3. The van der Waals surface area contributed by atoms with Crippen LogP contribution >= 0.6 is 0 Å². The highest BCUT2D eigenvalue weighted by atomic mass is 16.3. The zero-order valence-corrected chi connectivity index (χ0v) is 13.2. The van der Waals surface area contributed by atoms with Gasteiger partial charge in [-0.25, -0.2) is 0 Å². The smallest absolute Gasteiger partial charge is 0.0583 e. The molecule has 3 nitrogen and oxygen atoms in total. The molecule has 3 rings (SSSR count). The van der Waals surface area contributed by atoms with E-state index in [0.29, 0.717) is 12.0 Å². The van der Waals surface area contributed by atoms with Gasteiger partial charge < -0.3 is 5.11 Å². The fourth-order valence-corrected chi connectivity index (χ4v) is 4.16. The molecule has 0 bridgehead atoms. The average molecular weight is 288 g/mol. The summed E-state index contributed by atoms with van der Waals surface area (Å²) in [5.74, 6) is 0.475. The van der Waals surface area contributed by atoms with Crippen LogP contribution in [0.5, 0.6) is 0 Å². The Morgan fingerprint density at radius 3 is 2.81 bits per heavy atom. The number of hydrogen-bond donors (Lipinski definition) is 1. The monoisotopic (exact) mass is 288 g/mol. The van der Waals surface area contributed by atoms with E-state index in [-0.39, 0.29) is 6.10 Å². The van der Waals surface area contributed by atoms with E-state index in [1.165, 1.54) is 49.8 Å². The lowest BCUT2D eigenvalue weighted by atomic mass is 9.78. The summed E-state index contributed by atoms with van der Waals surface area (Å²) in [6.45, 7) is 4.25. The lowest BCUT2D eigenvalue weighted by Gasteiger charge is -2.43. The molecule has 3 heteroatoms. The third kappa shape index (κ3) is 3.46. The second-order valence-electron chi connectivity index (χ2n) is 6.82. The zero-order valence-electron chi connectivity index (χ0n) is 13.2. The first kappa shape index (κ1) is 15.0. The first-order chi connectivity index (χ1) is 10.3. The van der Waals surface area contributed by atoms with E-state index in [4.69, 9.17) is 0 Å². The van der Waals surface area contributed by atoms with Crippen LogP contribution in [0.2, 0.25) is 0 Å². The maximum absolute atomic E-state index is 10.4. The van der Waals surface area contributed by atoms with Crippen LogP contribution in [0.15, 0.2) is 18.3 Å². The van der Waals surface area contributed by atoms with Gasteiger partial charge in [0.25, 0.3) is 0 Å². The van der Waals surface area contributed by atoms with Crippen molar-refractivity contribution < 1.29 is 5.11 Å². The quantitative estimate of drug-likeness (QED) is 0.927. The second kappa shape index (κ2) is 6.89. The van der Waals surface area contributed by atoms with Gasteiger partial charge in [-0.05, 0) is 50.8 Å². The van der Waals surface area contributed by atoms with Gasteiger partial charge in [0.2, 0.25) is 0 Å². The minimum absolute atomic E-state index is 0.0887. The predicted molar refractivity (Wildman–Crippen MR) is 85.0 cm³/mol. The Balaban J connectivity index is 1.73. The fraction of sp³-hybridized carbons (Fsp3) is 0.722. The van der Waals surface area contributed by atoms with Gasteiger partial charge >= 0.3 is 0 Å². The normalized spacial score (nSPS) is 31.2. The van der Waals surface area contributed by atoms with E-state index in [2.05, 4.69) is 22.9 Å². The third-order valence-corrected chi connectivity index (χ3v) is 5.41. The second-order valence-corrected chi connectivity index (χ2v) is 6.82. The summed E-state index contributed by atoms with van der Waals surface area (Å²) in [4.78, 5) is 7.16. The lowest BCUT2D eigenvalue weighted by molar-refractivity contribution is -0.00907. The molecule has 1 aromatic rings. The SMILES string of the molecule is Cc1cccnc1CN1CCCCC1C1CCCCC1O. The van der Waals surface area contributed by atoms with Gasteiger partial charge in [0, 0.05) is 24.7 Å². The van der Waals surface area contributed by atoms with Crippen LogP contribution < -0.4 is 0 Å². The topological polar surface area (TPSA) is 36.4 Å². The zero-order chi connectivity index (χ0) is 14.7. The Kier molecular flexibility index (Phi) is 4.91. The van der Waals surface area contributed by atoms with Gasteiger partial charge in [-0.3, -0.25) is 9.88 Å². The van der Waals surface area contributed by atoms with Crippen LogP contribution in [-0.4, -0.2) is 33.7 Å². The molecule has 0 aromatic carbocycles. The van der Waals surface area contributed by atoms with E-state index in [0.717, 1.165) is 19.5 Å². The summed E-state index contributed by atoms with van der Waals surface area (Å²) >= 11 is 0. The molecule has 1 N–H and O–H groups in total.